The third kappa shape index (κ3) is 3.88. The Morgan fingerprint density at radius 1 is 1.47 bits per heavy atom. The summed E-state index contributed by atoms with van der Waals surface area (Å²) in [5, 5.41) is 9.23. The first-order valence-corrected chi connectivity index (χ1v) is 7.62. The van der Waals surface area contributed by atoms with E-state index < -0.39 is 5.97 Å². The van der Waals surface area contributed by atoms with Crippen molar-refractivity contribution in [1.29, 1.82) is 0 Å². The van der Waals surface area contributed by atoms with E-state index in [-0.39, 0.29) is 6.04 Å². The molecule has 0 bridgehead atoms. The van der Waals surface area contributed by atoms with Crippen LogP contribution in [0.25, 0.3) is 0 Å². The maximum atomic E-state index is 11.2. The number of aliphatic carboxylic acids is 1. The second-order valence-corrected chi connectivity index (χ2v) is 5.63. The Labute approximate surface area is 117 Å². The fraction of sp³-hybridized carbons (Fsp3) is 0.500. The van der Waals surface area contributed by atoms with Gasteiger partial charge in [0.2, 0.25) is 0 Å². The van der Waals surface area contributed by atoms with Gasteiger partial charge in [-0.1, -0.05) is 12.1 Å². The van der Waals surface area contributed by atoms with Gasteiger partial charge in [0.05, 0.1) is 6.61 Å². The van der Waals surface area contributed by atoms with Gasteiger partial charge < -0.3 is 9.84 Å². The molecule has 1 aromatic rings. The molecular weight excluding hydrogens is 262 g/mol. The Hall–Kier alpha value is -1.20. The summed E-state index contributed by atoms with van der Waals surface area (Å²) in [6.45, 7) is 4.12. The summed E-state index contributed by atoms with van der Waals surface area (Å²) in [5.74, 6) is 1.81. The molecule has 4 nitrogen and oxygen atoms in total. The largest absolute Gasteiger partial charge is 0.494 e. The molecule has 0 radical (unpaired) electrons. The van der Waals surface area contributed by atoms with Gasteiger partial charge in [-0.25, -0.2) is 0 Å². The Kier molecular flexibility index (Phi) is 5.10. The Balaban J connectivity index is 2.00. The van der Waals surface area contributed by atoms with Crippen molar-refractivity contribution >= 4 is 17.7 Å². The summed E-state index contributed by atoms with van der Waals surface area (Å²) < 4.78 is 5.40. The van der Waals surface area contributed by atoms with Crippen LogP contribution in [-0.2, 0) is 11.3 Å². The number of benzene rings is 1. The van der Waals surface area contributed by atoms with Crippen molar-refractivity contribution in [2.24, 2.45) is 0 Å². The third-order valence-corrected chi connectivity index (χ3v) is 4.17. The minimum atomic E-state index is -0.724. The van der Waals surface area contributed by atoms with E-state index >= 15 is 0 Å². The van der Waals surface area contributed by atoms with Crippen LogP contribution in [0.4, 0.5) is 0 Å². The number of hydrogen-bond donors (Lipinski definition) is 1. The van der Waals surface area contributed by atoms with Crippen molar-refractivity contribution in [3.05, 3.63) is 29.8 Å². The fourth-order valence-electron chi connectivity index (χ4n) is 2.15. The highest BCUT2D eigenvalue weighted by molar-refractivity contribution is 7.99. The SMILES string of the molecule is CCOc1ccc(CN2CCSCC2C(=O)O)cc1. The summed E-state index contributed by atoms with van der Waals surface area (Å²) >= 11 is 1.71. The molecule has 104 valence electrons. The Morgan fingerprint density at radius 2 is 2.21 bits per heavy atom. The van der Waals surface area contributed by atoms with Gasteiger partial charge in [-0.2, -0.15) is 11.8 Å². The summed E-state index contributed by atoms with van der Waals surface area (Å²) in [7, 11) is 0. The molecule has 0 spiro atoms. The van der Waals surface area contributed by atoms with Crippen molar-refractivity contribution in [3.63, 3.8) is 0 Å². The van der Waals surface area contributed by atoms with Crippen molar-refractivity contribution in [1.82, 2.24) is 4.90 Å². The number of nitrogens with zero attached hydrogens (tertiary/aromatic N) is 1. The standard InChI is InChI=1S/C14H19NO3S/c1-2-18-12-5-3-11(4-6-12)9-15-7-8-19-10-13(15)14(16)17/h3-6,13H,2,7-10H2,1H3,(H,16,17). The van der Waals surface area contributed by atoms with Crippen molar-refractivity contribution in [3.8, 4) is 5.75 Å². The lowest BCUT2D eigenvalue weighted by atomic mass is 10.1. The molecule has 0 amide bonds. The van der Waals surface area contributed by atoms with Crippen LogP contribution in [0.3, 0.4) is 0 Å². The van der Waals surface area contributed by atoms with Gasteiger partial charge in [-0.3, -0.25) is 9.69 Å². The monoisotopic (exact) mass is 281 g/mol. The van der Waals surface area contributed by atoms with Crippen molar-refractivity contribution in [2.75, 3.05) is 24.7 Å². The van der Waals surface area contributed by atoms with Crippen molar-refractivity contribution in [2.45, 2.75) is 19.5 Å². The molecule has 1 aliphatic heterocycles. The van der Waals surface area contributed by atoms with Gasteiger partial charge in [0.1, 0.15) is 11.8 Å². The lowest BCUT2D eigenvalue weighted by molar-refractivity contribution is -0.142. The number of carbonyl (C=O) groups is 1. The van der Waals surface area contributed by atoms with E-state index in [1.165, 1.54) is 0 Å². The van der Waals surface area contributed by atoms with Crippen LogP contribution in [0.1, 0.15) is 12.5 Å². The number of ether oxygens (including phenoxy) is 1. The van der Waals surface area contributed by atoms with E-state index in [1.807, 2.05) is 36.1 Å². The topological polar surface area (TPSA) is 49.8 Å². The van der Waals surface area contributed by atoms with Crippen LogP contribution < -0.4 is 4.74 Å². The van der Waals surface area contributed by atoms with Crippen LogP contribution in [0.2, 0.25) is 0 Å². The van der Waals surface area contributed by atoms with Crippen LogP contribution in [0, 0.1) is 0 Å². The number of rotatable bonds is 5. The minimum Gasteiger partial charge on any atom is -0.494 e. The molecule has 2 rings (SSSR count). The molecule has 1 saturated heterocycles. The first-order valence-electron chi connectivity index (χ1n) is 6.47. The number of carboxylic acid groups (broad SMARTS) is 1. The molecular formula is C14H19NO3S. The highest BCUT2D eigenvalue weighted by atomic mass is 32.2. The summed E-state index contributed by atoms with van der Waals surface area (Å²) in [5.41, 5.74) is 1.13. The van der Waals surface area contributed by atoms with Crippen LogP contribution in [-0.4, -0.2) is 46.7 Å². The van der Waals surface area contributed by atoms with E-state index in [0.29, 0.717) is 18.9 Å². The number of thioether (sulfide) groups is 1. The minimum absolute atomic E-state index is 0.370. The molecule has 19 heavy (non-hydrogen) atoms. The van der Waals surface area contributed by atoms with E-state index in [1.54, 1.807) is 11.8 Å². The van der Waals surface area contributed by atoms with Gasteiger partial charge in [0, 0.05) is 24.6 Å². The molecule has 1 aromatic carbocycles. The average Bonchev–Trinajstić information content (AvgIpc) is 2.42. The normalized spacial score (nSPS) is 20.2. The highest BCUT2D eigenvalue weighted by Gasteiger charge is 2.28. The van der Waals surface area contributed by atoms with Gasteiger partial charge in [-0.15, -0.1) is 0 Å². The smallest absolute Gasteiger partial charge is 0.321 e. The third-order valence-electron chi connectivity index (χ3n) is 3.14. The zero-order valence-electron chi connectivity index (χ0n) is 11.0. The quantitative estimate of drug-likeness (QED) is 0.895. The number of carboxylic acids is 1. The van der Waals surface area contributed by atoms with E-state index in [2.05, 4.69) is 0 Å². The zero-order valence-corrected chi connectivity index (χ0v) is 11.9. The zero-order chi connectivity index (χ0) is 13.7. The van der Waals surface area contributed by atoms with Gasteiger partial charge in [0.15, 0.2) is 0 Å². The summed E-state index contributed by atoms with van der Waals surface area (Å²) in [4.78, 5) is 13.3. The molecule has 0 aromatic heterocycles. The highest BCUT2D eigenvalue weighted by Crippen LogP contribution is 2.20. The maximum absolute atomic E-state index is 11.2. The van der Waals surface area contributed by atoms with Gasteiger partial charge in [0.25, 0.3) is 0 Å². The Bertz CT molecular complexity index is 421. The molecule has 1 aliphatic rings. The second kappa shape index (κ2) is 6.82. The lowest BCUT2D eigenvalue weighted by Gasteiger charge is -2.32. The van der Waals surface area contributed by atoms with Gasteiger partial charge in [-0.05, 0) is 24.6 Å². The molecule has 5 heteroatoms. The predicted octanol–water partition coefficient (Wildman–Crippen LogP) is 2.09. The van der Waals surface area contributed by atoms with Crippen molar-refractivity contribution < 1.29 is 14.6 Å². The fourth-order valence-corrected chi connectivity index (χ4v) is 3.25. The Morgan fingerprint density at radius 3 is 2.84 bits per heavy atom. The molecule has 0 aliphatic carbocycles. The second-order valence-electron chi connectivity index (χ2n) is 4.48. The molecule has 1 fully saturated rings. The summed E-state index contributed by atoms with van der Waals surface area (Å²) in [6, 6.07) is 7.52. The van der Waals surface area contributed by atoms with Crippen LogP contribution in [0.15, 0.2) is 24.3 Å². The molecule has 1 heterocycles. The predicted molar refractivity (Wildman–Crippen MR) is 76.8 cm³/mol. The lowest BCUT2D eigenvalue weighted by Crippen LogP contribution is -2.46. The first kappa shape index (κ1) is 14.2. The summed E-state index contributed by atoms with van der Waals surface area (Å²) in [6.07, 6.45) is 0. The van der Waals surface area contributed by atoms with Crippen LogP contribution in [0.5, 0.6) is 5.75 Å². The molecule has 1 atom stereocenters. The maximum Gasteiger partial charge on any atom is 0.321 e. The average molecular weight is 281 g/mol. The first-order chi connectivity index (χ1) is 9.20. The molecule has 1 unspecified atom stereocenters. The van der Waals surface area contributed by atoms with E-state index in [4.69, 9.17) is 4.74 Å². The van der Waals surface area contributed by atoms with E-state index in [9.17, 15) is 9.90 Å². The molecule has 1 N–H and O–H groups in total. The molecule has 0 saturated carbocycles. The van der Waals surface area contributed by atoms with Gasteiger partial charge >= 0.3 is 5.97 Å². The number of hydrogen-bond acceptors (Lipinski definition) is 4. The van der Waals surface area contributed by atoms with E-state index in [0.717, 1.165) is 23.6 Å². The van der Waals surface area contributed by atoms with Crippen LogP contribution >= 0.6 is 11.8 Å².